The molecule has 3 rings (SSSR count). The first kappa shape index (κ1) is 11.8. The van der Waals surface area contributed by atoms with Crippen molar-refractivity contribution in [2.75, 3.05) is 13.1 Å². The molecule has 0 bridgehead atoms. The average molecular weight is 257 g/mol. The van der Waals surface area contributed by atoms with Gasteiger partial charge in [-0.1, -0.05) is 12.1 Å². The van der Waals surface area contributed by atoms with Crippen molar-refractivity contribution >= 4 is 22.6 Å². The van der Waals surface area contributed by atoms with Crippen LogP contribution in [0, 0.1) is 0 Å². The number of carboxylic acid groups (broad SMARTS) is 1. The van der Waals surface area contributed by atoms with Crippen molar-refractivity contribution in [1.82, 2.24) is 14.7 Å². The van der Waals surface area contributed by atoms with Crippen molar-refractivity contribution < 1.29 is 9.90 Å². The number of hydrogen-bond acceptors (Lipinski definition) is 2. The van der Waals surface area contributed by atoms with E-state index in [1.54, 1.807) is 0 Å². The third-order valence-corrected chi connectivity index (χ3v) is 3.60. The molecular weight excluding hydrogens is 242 g/mol. The van der Waals surface area contributed by atoms with Gasteiger partial charge in [0.25, 0.3) is 0 Å². The molecule has 1 N–H and O–H groups in total. The number of benzene rings is 1. The summed E-state index contributed by atoms with van der Waals surface area (Å²) in [7, 11) is 1.92. The van der Waals surface area contributed by atoms with Crippen LogP contribution in [0.25, 0.3) is 16.5 Å². The van der Waals surface area contributed by atoms with E-state index in [0.717, 1.165) is 22.9 Å². The van der Waals surface area contributed by atoms with Crippen LogP contribution in [0.2, 0.25) is 0 Å². The number of rotatable bonds is 1. The molecule has 98 valence electrons. The predicted octanol–water partition coefficient (Wildman–Crippen LogP) is 2.34. The normalized spacial score (nSPS) is 15.6. The number of hydrogen-bond donors (Lipinski definition) is 1. The monoisotopic (exact) mass is 257 g/mol. The summed E-state index contributed by atoms with van der Waals surface area (Å²) in [5.74, 6) is 0. The zero-order valence-electron chi connectivity index (χ0n) is 10.7. The molecular formula is C14H15N3O2. The smallest absolute Gasteiger partial charge is 0.407 e. The molecule has 0 unspecified atom stereocenters. The maximum Gasteiger partial charge on any atom is 0.407 e. The molecule has 0 radical (unpaired) electrons. The van der Waals surface area contributed by atoms with Crippen LogP contribution in [-0.2, 0) is 7.05 Å². The largest absolute Gasteiger partial charge is 0.465 e. The van der Waals surface area contributed by atoms with Gasteiger partial charge >= 0.3 is 6.09 Å². The van der Waals surface area contributed by atoms with Gasteiger partial charge in [-0.25, -0.2) is 4.79 Å². The molecule has 2 aromatic rings. The van der Waals surface area contributed by atoms with Gasteiger partial charge in [0.2, 0.25) is 0 Å². The fourth-order valence-corrected chi connectivity index (χ4v) is 2.47. The van der Waals surface area contributed by atoms with Gasteiger partial charge in [0, 0.05) is 25.5 Å². The van der Waals surface area contributed by atoms with Crippen LogP contribution >= 0.6 is 0 Å². The Morgan fingerprint density at radius 3 is 2.95 bits per heavy atom. The Morgan fingerprint density at radius 1 is 1.42 bits per heavy atom. The van der Waals surface area contributed by atoms with Crippen molar-refractivity contribution in [2.24, 2.45) is 7.05 Å². The summed E-state index contributed by atoms with van der Waals surface area (Å²) in [6.07, 6.45) is 3.76. The Morgan fingerprint density at radius 2 is 2.26 bits per heavy atom. The molecule has 1 aromatic heterocycles. The van der Waals surface area contributed by atoms with Gasteiger partial charge in [0.1, 0.15) is 0 Å². The SMILES string of the molecule is Cn1ncc2cc(C3=CCN(C(=O)O)CC3)ccc21. The van der Waals surface area contributed by atoms with E-state index in [9.17, 15) is 4.79 Å². The Labute approximate surface area is 110 Å². The minimum Gasteiger partial charge on any atom is -0.465 e. The van der Waals surface area contributed by atoms with Crippen LogP contribution in [-0.4, -0.2) is 39.0 Å². The van der Waals surface area contributed by atoms with E-state index in [0.29, 0.717) is 13.1 Å². The summed E-state index contributed by atoms with van der Waals surface area (Å²) >= 11 is 0. The Hall–Kier alpha value is -2.30. The Bertz CT molecular complexity index is 672. The molecule has 5 heteroatoms. The predicted molar refractivity (Wildman–Crippen MR) is 72.9 cm³/mol. The molecule has 0 saturated heterocycles. The third kappa shape index (κ3) is 2.07. The second kappa shape index (κ2) is 4.42. The number of carbonyl (C=O) groups is 1. The molecule has 1 aliphatic rings. The van der Waals surface area contributed by atoms with Crippen LogP contribution in [0.1, 0.15) is 12.0 Å². The molecule has 5 nitrogen and oxygen atoms in total. The summed E-state index contributed by atoms with van der Waals surface area (Å²) in [4.78, 5) is 12.3. The first-order valence-electron chi connectivity index (χ1n) is 6.24. The van der Waals surface area contributed by atoms with Crippen LogP contribution < -0.4 is 0 Å². The lowest BCUT2D eigenvalue weighted by Crippen LogP contribution is -2.33. The zero-order chi connectivity index (χ0) is 13.4. The van der Waals surface area contributed by atoms with Crippen molar-refractivity contribution in [2.45, 2.75) is 6.42 Å². The number of nitrogens with zero attached hydrogens (tertiary/aromatic N) is 3. The first-order valence-corrected chi connectivity index (χ1v) is 6.24. The molecule has 1 aliphatic heterocycles. The third-order valence-electron chi connectivity index (χ3n) is 3.60. The minimum atomic E-state index is -0.849. The first-order chi connectivity index (χ1) is 9.15. The second-order valence-electron chi connectivity index (χ2n) is 4.75. The summed E-state index contributed by atoms with van der Waals surface area (Å²) < 4.78 is 1.85. The molecule has 0 fully saturated rings. The van der Waals surface area contributed by atoms with Gasteiger partial charge in [0.15, 0.2) is 0 Å². The molecule has 0 atom stereocenters. The fourth-order valence-electron chi connectivity index (χ4n) is 2.47. The fraction of sp³-hybridized carbons (Fsp3) is 0.286. The molecule has 1 aromatic carbocycles. The molecule has 0 spiro atoms. The summed E-state index contributed by atoms with van der Waals surface area (Å²) in [6.45, 7) is 1.03. The lowest BCUT2D eigenvalue weighted by Gasteiger charge is -2.23. The van der Waals surface area contributed by atoms with Crippen LogP contribution in [0.15, 0.2) is 30.5 Å². The van der Waals surface area contributed by atoms with E-state index < -0.39 is 6.09 Å². The summed E-state index contributed by atoms with van der Waals surface area (Å²) in [5.41, 5.74) is 3.47. The zero-order valence-corrected chi connectivity index (χ0v) is 10.7. The van der Waals surface area contributed by atoms with E-state index >= 15 is 0 Å². The van der Waals surface area contributed by atoms with Crippen molar-refractivity contribution in [3.63, 3.8) is 0 Å². The van der Waals surface area contributed by atoms with Gasteiger partial charge in [0.05, 0.1) is 11.7 Å². The lowest BCUT2D eigenvalue weighted by atomic mass is 9.98. The molecule has 0 saturated carbocycles. The molecule has 2 heterocycles. The van der Waals surface area contributed by atoms with Crippen molar-refractivity contribution in [3.8, 4) is 0 Å². The van der Waals surface area contributed by atoms with Gasteiger partial charge in [-0.3, -0.25) is 4.68 Å². The minimum absolute atomic E-state index is 0.468. The summed E-state index contributed by atoms with van der Waals surface area (Å²) in [6, 6.07) is 6.25. The van der Waals surface area contributed by atoms with Crippen molar-refractivity contribution in [3.05, 3.63) is 36.0 Å². The van der Waals surface area contributed by atoms with Crippen LogP contribution in [0.4, 0.5) is 4.79 Å². The van der Waals surface area contributed by atoms with E-state index in [4.69, 9.17) is 5.11 Å². The van der Waals surface area contributed by atoms with Gasteiger partial charge in [-0.05, 0) is 29.7 Å². The summed E-state index contributed by atoms with van der Waals surface area (Å²) in [5, 5.41) is 14.3. The van der Waals surface area contributed by atoms with Gasteiger partial charge in [-0.2, -0.15) is 5.10 Å². The number of amides is 1. The lowest BCUT2D eigenvalue weighted by molar-refractivity contribution is 0.150. The van der Waals surface area contributed by atoms with Crippen LogP contribution in [0.5, 0.6) is 0 Å². The number of aryl methyl sites for hydroxylation is 1. The highest BCUT2D eigenvalue weighted by Gasteiger charge is 2.16. The number of fused-ring (bicyclic) bond motifs is 1. The standard InChI is InChI=1S/C14H15N3O2/c1-16-13-3-2-11(8-12(13)9-15-16)10-4-6-17(7-5-10)14(18)19/h2-4,8-9H,5-7H2,1H3,(H,18,19). The molecule has 1 amide bonds. The highest BCUT2D eigenvalue weighted by molar-refractivity contribution is 5.84. The molecule has 19 heavy (non-hydrogen) atoms. The van der Waals surface area contributed by atoms with Crippen molar-refractivity contribution in [1.29, 1.82) is 0 Å². The topological polar surface area (TPSA) is 58.4 Å². The highest BCUT2D eigenvalue weighted by Crippen LogP contribution is 2.25. The van der Waals surface area contributed by atoms with E-state index in [1.807, 2.05) is 24.0 Å². The van der Waals surface area contributed by atoms with Crippen LogP contribution in [0.3, 0.4) is 0 Å². The molecule has 0 aliphatic carbocycles. The van der Waals surface area contributed by atoms with E-state index in [-0.39, 0.29) is 0 Å². The second-order valence-corrected chi connectivity index (χ2v) is 4.75. The quantitative estimate of drug-likeness (QED) is 0.853. The average Bonchev–Trinajstić information content (AvgIpc) is 2.80. The van der Waals surface area contributed by atoms with Gasteiger partial charge in [-0.15, -0.1) is 0 Å². The Kier molecular flexibility index (Phi) is 2.74. The van der Waals surface area contributed by atoms with E-state index in [2.05, 4.69) is 23.3 Å². The Balaban J connectivity index is 1.91. The maximum absolute atomic E-state index is 10.9. The van der Waals surface area contributed by atoms with Gasteiger partial charge < -0.3 is 10.0 Å². The highest BCUT2D eigenvalue weighted by atomic mass is 16.4. The maximum atomic E-state index is 10.9. The van der Waals surface area contributed by atoms with E-state index in [1.165, 1.54) is 10.5 Å². The number of aromatic nitrogens is 2.